The Kier molecular flexibility index (Phi) is 3.12. The van der Waals surface area contributed by atoms with Gasteiger partial charge in [0.1, 0.15) is 0 Å². The molecular weight excluding hydrogens is 132 g/mol. The topological polar surface area (TPSA) is 49.7 Å². The number of aliphatic hydroxyl groups is 2. The molecular formula is C7H14O3. The van der Waals surface area contributed by atoms with E-state index in [-0.39, 0.29) is 12.7 Å². The van der Waals surface area contributed by atoms with Gasteiger partial charge in [0.25, 0.3) is 0 Å². The van der Waals surface area contributed by atoms with Gasteiger partial charge in [-0.25, -0.2) is 0 Å². The maximum Gasteiger partial charge on any atom is 0.0835 e. The second-order valence-electron chi connectivity index (χ2n) is 2.63. The smallest absolute Gasteiger partial charge is 0.0835 e. The number of aliphatic hydroxyl groups excluding tert-OH is 2. The summed E-state index contributed by atoms with van der Waals surface area (Å²) in [6.07, 6.45) is 1.92. The van der Waals surface area contributed by atoms with Gasteiger partial charge in [-0.3, -0.25) is 0 Å². The lowest BCUT2D eigenvalue weighted by Crippen LogP contribution is -2.25. The minimum absolute atomic E-state index is 0.0212. The van der Waals surface area contributed by atoms with E-state index < -0.39 is 6.10 Å². The van der Waals surface area contributed by atoms with Crippen LogP contribution in [0.4, 0.5) is 0 Å². The highest BCUT2D eigenvalue weighted by Crippen LogP contribution is 2.16. The number of hydrogen-bond acceptors (Lipinski definition) is 3. The second-order valence-corrected chi connectivity index (χ2v) is 2.63. The van der Waals surface area contributed by atoms with Crippen LogP contribution in [0.25, 0.3) is 0 Å². The molecule has 1 heterocycles. The van der Waals surface area contributed by atoms with E-state index in [0.29, 0.717) is 6.42 Å². The van der Waals surface area contributed by atoms with Crippen LogP contribution in [0.5, 0.6) is 0 Å². The minimum atomic E-state index is -0.465. The zero-order chi connectivity index (χ0) is 7.40. The van der Waals surface area contributed by atoms with E-state index >= 15 is 0 Å². The summed E-state index contributed by atoms with van der Waals surface area (Å²) in [4.78, 5) is 0. The van der Waals surface area contributed by atoms with Crippen LogP contribution in [-0.2, 0) is 4.74 Å². The van der Waals surface area contributed by atoms with Crippen LogP contribution in [0, 0.1) is 0 Å². The van der Waals surface area contributed by atoms with Crippen molar-refractivity contribution in [1.29, 1.82) is 0 Å². The van der Waals surface area contributed by atoms with E-state index in [9.17, 15) is 5.11 Å². The van der Waals surface area contributed by atoms with Crippen LogP contribution in [0.3, 0.4) is 0 Å². The van der Waals surface area contributed by atoms with Crippen molar-refractivity contribution >= 4 is 0 Å². The van der Waals surface area contributed by atoms with Crippen LogP contribution in [0.2, 0.25) is 0 Å². The molecule has 2 atom stereocenters. The van der Waals surface area contributed by atoms with Gasteiger partial charge in [-0.15, -0.1) is 0 Å². The molecule has 3 heteroatoms. The van der Waals surface area contributed by atoms with Crippen molar-refractivity contribution in [3.05, 3.63) is 0 Å². The monoisotopic (exact) mass is 146 g/mol. The fraction of sp³-hybridized carbons (Fsp3) is 1.00. The largest absolute Gasteiger partial charge is 0.396 e. The summed E-state index contributed by atoms with van der Waals surface area (Å²) in [7, 11) is 0. The Balaban J connectivity index is 2.18. The van der Waals surface area contributed by atoms with Crippen molar-refractivity contribution in [2.75, 3.05) is 13.2 Å². The molecule has 0 aromatic rings. The average molecular weight is 146 g/mol. The summed E-state index contributed by atoms with van der Waals surface area (Å²) < 4.78 is 5.21. The van der Waals surface area contributed by atoms with Crippen LogP contribution in [0.1, 0.15) is 19.3 Å². The first kappa shape index (κ1) is 7.98. The molecule has 0 aromatic heterocycles. The van der Waals surface area contributed by atoms with Gasteiger partial charge in [0, 0.05) is 13.2 Å². The summed E-state index contributed by atoms with van der Waals surface area (Å²) in [5.74, 6) is 0. The van der Waals surface area contributed by atoms with E-state index in [2.05, 4.69) is 0 Å². The lowest BCUT2D eigenvalue weighted by atomic mass is 10.1. The average Bonchev–Trinajstić information content (AvgIpc) is 2.38. The number of hydrogen-bond donors (Lipinski definition) is 2. The van der Waals surface area contributed by atoms with Gasteiger partial charge in [0.2, 0.25) is 0 Å². The Hall–Kier alpha value is -0.120. The summed E-state index contributed by atoms with van der Waals surface area (Å²) in [5.41, 5.74) is 0. The molecule has 0 aromatic carbocycles. The third kappa shape index (κ3) is 1.94. The standard InChI is InChI=1S/C7H14O3/c8-4-3-6(9)7-2-1-5-10-7/h6-9H,1-5H2. The number of ether oxygens (including phenoxy) is 1. The number of rotatable bonds is 3. The van der Waals surface area contributed by atoms with Gasteiger partial charge in [-0.2, -0.15) is 0 Å². The molecule has 1 aliphatic rings. The van der Waals surface area contributed by atoms with E-state index in [1.54, 1.807) is 0 Å². The molecule has 0 saturated carbocycles. The van der Waals surface area contributed by atoms with Crippen molar-refractivity contribution in [1.82, 2.24) is 0 Å². The molecule has 0 aliphatic carbocycles. The molecule has 0 amide bonds. The molecule has 2 N–H and O–H groups in total. The first-order chi connectivity index (χ1) is 4.84. The fourth-order valence-corrected chi connectivity index (χ4v) is 1.22. The van der Waals surface area contributed by atoms with Crippen LogP contribution >= 0.6 is 0 Å². The SMILES string of the molecule is OCCC(O)C1CCCO1. The normalized spacial score (nSPS) is 28.8. The molecule has 3 nitrogen and oxygen atoms in total. The maximum absolute atomic E-state index is 9.26. The highest BCUT2D eigenvalue weighted by Gasteiger charge is 2.22. The zero-order valence-electron chi connectivity index (χ0n) is 5.99. The van der Waals surface area contributed by atoms with Crippen molar-refractivity contribution in [3.8, 4) is 0 Å². The van der Waals surface area contributed by atoms with Gasteiger partial charge in [0.15, 0.2) is 0 Å². The molecule has 0 spiro atoms. The highest BCUT2D eigenvalue weighted by atomic mass is 16.5. The second kappa shape index (κ2) is 3.91. The molecule has 1 fully saturated rings. The van der Waals surface area contributed by atoms with Crippen LogP contribution in [-0.4, -0.2) is 35.6 Å². The van der Waals surface area contributed by atoms with Crippen LogP contribution in [0.15, 0.2) is 0 Å². The van der Waals surface area contributed by atoms with Crippen molar-refractivity contribution < 1.29 is 14.9 Å². The van der Waals surface area contributed by atoms with Gasteiger partial charge in [-0.1, -0.05) is 0 Å². The molecule has 60 valence electrons. The molecule has 2 unspecified atom stereocenters. The summed E-state index contributed by atoms with van der Waals surface area (Å²) >= 11 is 0. The molecule has 1 saturated heterocycles. The Bertz CT molecular complexity index is 88.9. The van der Waals surface area contributed by atoms with E-state index in [1.807, 2.05) is 0 Å². The minimum Gasteiger partial charge on any atom is -0.396 e. The van der Waals surface area contributed by atoms with Crippen molar-refractivity contribution in [2.45, 2.75) is 31.5 Å². The Morgan fingerprint density at radius 3 is 2.90 bits per heavy atom. The summed E-state index contributed by atoms with van der Waals surface area (Å²) in [6, 6.07) is 0. The highest BCUT2D eigenvalue weighted by molar-refractivity contribution is 4.72. The van der Waals surface area contributed by atoms with Gasteiger partial charge in [0.05, 0.1) is 12.2 Å². The Morgan fingerprint density at radius 1 is 1.60 bits per heavy atom. The molecule has 1 rings (SSSR count). The third-order valence-corrected chi connectivity index (χ3v) is 1.82. The summed E-state index contributed by atoms with van der Waals surface area (Å²) in [6.45, 7) is 0.800. The quantitative estimate of drug-likeness (QED) is 0.585. The first-order valence-corrected chi connectivity index (χ1v) is 3.75. The van der Waals surface area contributed by atoms with E-state index in [0.717, 1.165) is 19.4 Å². The van der Waals surface area contributed by atoms with Gasteiger partial charge >= 0.3 is 0 Å². The van der Waals surface area contributed by atoms with Crippen molar-refractivity contribution in [3.63, 3.8) is 0 Å². The van der Waals surface area contributed by atoms with Gasteiger partial charge in [-0.05, 0) is 19.3 Å². The molecule has 1 aliphatic heterocycles. The molecule has 0 radical (unpaired) electrons. The maximum atomic E-state index is 9.26. The van der Waals surface area contributed by atoms with E-state index in [4.69, 9.17) is 9.84 Å². The summed E-state index contributed by atoms with van der Waals surface area (Å²) in [5, 5.41) is 17.7. The van der Waals surface area contributed by atoms with Crippen LogP contribution < -0.4 is 0 Å². The molecule has 10 heavy (non-hydrogen) atoms. The lowest BCUT2D eigenvalue weighted by molar-refractivity contribution is -0.0122. The zero-order valence-corrected chi connectivity index (χ0v) is 5.99. The third-order valence-electron chi connectivity index (χ3n) is 1.82. The van der Waals surface area contributed by atoms with E-state index in [1.165, 1.54) is 0 Å². The van der Waals surface area contributed by atoms with Gasteiger partial charge < -0.3 is 14.9 Å². The lowest BCUT2D eigenvalue weighted by Gasteiger charge is -2.15. The Morgan fingerprint density at radius 2 is 2.40 bits per heavy atom. The predicted molar refractivity (Wildman–Crippen MR) is 36.7 cm³/mol. The first-order valence-electron chi connectivity index (χ1n) is 3.75. The van der Waals surface area contributed by atoms with Crippen molar-refractivity contribution in [2.24, 2.45) is 0 Å². The molecule has 0 bridgehead atoms. The fourth-order valence-electron chi connectivity index (χ4n) is 1.22. The Labute approximate surface area is 60.6 Å². The predicted octanol–water partition coefficient (Wildman–Crippen LogP) is -0.0913.